The molecule has 5 heteroatoms. The van der Waals surface area contributed by atoms with Crippen LogP contribution in [0.5, 0.6) is 0 Å². The Morgan fingerprint density at radius 1 is 1.39 bits per heavy atom. The number of imide groups is 1. The van der Waals surface area contributed by atoms with E-state index < -0.39 is 0 Å². The molecule has 0 aliphatic carbocycles. The molecule has 2 N–H and O–H groups in total. The van der Waals surface area contributed by atoms with Crippen molar-refractivity contribution in [1.82, 2.24) is 4.90 Å². The molecule has 1 aliphatic rings. The van der Waals surface area contributed by atoms with Gasteiger partial charge in [0.1, 0.15) is 6.54 Å². The van der Waals surface area contributed by atoms with E-state index in [-0.39, 0.29) is 18.5 Å². The number of benzene rings is 1. The van der Waals surface area contributed by atoms with Crippen molar-refractivity contribution < 1.29 is 9.59 Å². The number of amides is 3. The van der Waals surface area contributed by atoms with Crippen molar-refractivity contribution in [2.24, 2.45) is 5.73 Å². The number of rotatable bonds is 4. The predicted octanol–water partition coefficient (Wildman–Crippen LogP) is 1.10. The van der Waals surface area contributed by atoms with E-state index in [4.69, 9.17) is 5.73 Å². The van der Waals surface area contributed by atoms with Crippen LogP contribution >= 0.6 is 0 Å². The van der Waals surface area contributed by atoms with Gasteiger partial charge < -0.3 is 10.6 Å². The van der Waals surface area contributed by atoms with Gasteiger partial charge in [-0.15, -0.1) is 6.58 Å². The summed E-state index contributed by atoms with van der Waals surface area (Å²) in [6, 6.07) is 6.82. The summed E-state index contributed by atoms with van der Waals surface area (Å²) in [5, 5.41) is 0. The Balaban J connectivity index is 2.29. The molecule has 94 valence electrons. The summed E-state index contributed by atoms with van der Waals surface area (Å²) < 4.78 is 0. The van der Waals surface area contributed by atoms with E-state index in [9.17, 15) is 9.59 Å². The molecule has 5 nitrogen and oxygen atoms in total. The third-order valence-corrected chi connectivity index (χ3v) is 2.79. The van der Waals surface area contributed by atoms with Crippen molar-refractivity contribution in [1.29, 1.82) is 0 Å². The smallest absolute Gasteiger partial charge is 0.326 e. The molecule has 1 aliphatic heterocycles. The van der Waals surface area contributed by atoms with Crippen LogP contribution in [0.1, 0.15) is 5.56 Å². The minimum atomic E-state index is -0.311. The van der Waals surface area contributed by atoms with Crippen LogP contribution in [0.3, 0.4) is 0 Å². The maximum absolute atomic E-state index is 12.1. The van der Waals surface area contributed by atoms with Gasteiger partial charge in [-0.05, 0) is 17.7 Å². The van der Waals surface area contributed by atoms with Gasteiger partial charge in [-0.25, -0.2) is 9.69 Å². The van der Waals surface area contributed by atoms with Gasteiger partial charge in [-0.3, -0.25) is 4.79 Å². The third kappa shape index (κ3) is 2.12. The summed E-state index contributed by atoms with van der Waals surface area (Å²) >= 11 is 0. The standard InChI is InChI=1S/C13H15N3O2/c1-2-6-15-9-12(17)16(13(15)18)11-5-3-4-10(7-11)8-14/h2-5,7H,1,6,8-9,14H2. The van der Waals surface area contributed by atoms with Crippen LogP contribution in [0.25, 0.3) is 0 Å². The topological polar surface area (TPSA) is 66.6 Å². The van der Waals surface area contributed by atoms with Gasteiger partial charge in [0.15, 0.2) is 0 Å². The average molecular weight is 245 g/mol. The van der Waals surface area contributed by atoms with Crippen molar-refractivity contribution in [2.75, 3.05) is 18.0 Å². The van der Waals surface area contributed by atoms with Gasteiger partial charge in [0.2, 0.25) is 0 Å². The second-order valence-electron chi connectivity index (χ2n) is 4.05. The molecule has 18 heavy (non-hydrogen) atoms. The number of hydrogen-bond donors (Lipinski definition) is 1. The van der Waals surface area contributed by atoms with E-state index >= 15 is 0 Å². The Morgan fingerprint density at radius 3 is 2.83 bits per heavy atom. The molecule has 0 radical (unpaired) electrons. The van der Waals surface area contributed by atoms with Crippen LogP contribution in [-0.2, 0) is 11.3 Å². The van der Waals surface area contributed by atoms with Crippen LogP contribution in [0, 0.1) is 0 Å². The van der Waals surface area contributed by atoms with Crippen molar-refractivity contribution in [3.05, 3.63) is 42.5 Å². The lowest BCUT2D eigenvalue weighted by molar-refractivity contribution is -0.116. The lowest BCUT2D eigenvalue weighted by Crippen LogP contribution is -2.33. The maximum Gasteiger partial charge on any atom is 0.332 e. The molecule has 1 saturated heterocycles. The van der Waals surface area contributed by atoms with E-state index in [1.807, 2.05) is 6.07 Å². The van der Waals surface area contributed by atoms with Crippen LogP contribution in [0.15, 0.2) is 36.9 Å². The van der Waals surface area contributed by atoms with Gasteiger partial charge in [0.25, 0.3) is 5.91 Å². The summed E-state index contributed by atoms with van der Waals surface area (Å²) in [6.45, 7) is 4.41. The van der Waals surface area contributed by atoms with Crippen molar-refractivity contribution in [3.63, 3.8) is 0 Å². The zero-order chi connectivity index (χ0) is 13.1. The number of carbonyl (C=O) groups excluding carboxylic acids is 2. The minimum Gasteiger partial charge on any atom is -0.326 e. The van der Waals surface area contributed by atoms with Crippen molar-refractivity contribution in [2.45, 2.75) is 6.54 Å². The first-order chi connectivity index (χ1) is 8.67. The van der Waals surface area contributed by atoms with Crippen molar-refractivity contribution in [3.8, 4) is 0 Å². The Kier molecular flexibility index (Phi) is 3.43. The van der Waals surface area contributed by atoms with Gasteiger partial charge in [-0.1, -0.05) is 18.2 Å². The molecule has 0 saturated carbocycles. The van der Waals surface area contributed by atoms with Crippen LogP contribution in [-0.4, -0.2) is 29.9 Å². The molecule has 2 rings (SSSR count). The number of nitrogens with zero attached hydrogens (tertiary/aromatic N) is 2. The van der Waals surface area contributed by atoms with Gasteiger partial charge in [0.05, 0.1) is 5.69 Å². The molecule has 1 aromatic carbocycles. The maximum atomic E-state index is 12.1. The molecule has 1 fully saturated rings. The fourth-order valence-corrected chi connectivity index (χ4v) is 1.93. The van der Waals surface area contributed by atoms with Gasteiger partial charge >= 0.3 is 6.03 Å². The van der Waals surface area contributed by atoms with Gasteiger partial charge in [-0.2, -0.15) is 0 Å². The molecular weight excluding hydrogens is 230 g/mol. The number of hydrogen-bond acceptors (Lipinski definition) is 3. The fourth-order valence-electron chi connectivity index (χ4n) is 1.93. The summed E-state index contributed by atoms with van der Waals surface area (Å²) in [4.78, 5) is 26.6. The quantitative estimate of drug-likeness (QED) is 0.638. The summed E-state index contributed by atoms with van der Waals surface area (Å²) in [6.07, 6.45) is 1.60. The first kappa shape index (κ1) is 12.3. The third-order valence-electron chi connectivity index (χ3n) is 2.79. The lowest BCUT2D eigenvalue weighted by atomic mass is 10.2. The molecule has 1 heterocycles. The number of carbonyl (C=O) groups is 2. The number of anilines is 1. The van der Waals surface area contributed by atoms with Crippen LogP contribution in [0.2, 0.25) is 0 Å². The Bertz CT molecular complexity index is 499. The Labute approximate surface area is 105 Å². The molecular formula is C13H15N3O2. The highest BCUT2D eigenvalue weighted by atomic mass is 16.2. The highest BCUT2D eigenvalue weighted by Crippen LogP contribution is 2.22. The highest BCUT2D eigenvalue weighted by molar-refractivity contribution is 6.19. The second kappa shape index (κ2) is 5.01. The lowest BCUT2D eigenvalue weighted by Gasteiger charge is -2.16. The van der Waals surface area contributed by atoms with E-state index in [1.54, 1.807) is 24.3 Å². The summed E-state index contributed by atoms with van der Waals surface area (Å²) in [5.74, 6) is -0.226. The predicted molar refractivity (Wildman–Crippen MR) is 69.0 cm³/mol. The number of nitrogens with two attached hydrogens (primary N) is 1. The minimum absolute atomic E-state index is 0.0949. The Morgan fingerprint density at radius 2 is 2.17 bits per heavy atom. The first-order valence-corrected chi connectivity index (χ1v) is 5.69. The fraction of sp³-hybridized carbons (Fsp3) is 0.231. The van der Waals surface area contributed by atoms with E-state index in [0.29, 0.717) is 18.8 Å². The molecule has 1 aromatic rings. The first-order valence-electron chi connectivity index (χ1n) is 5.69. The zero-order valence-corrected chi connectivity index (χ0v) is 10.0. The van der Waals surface area contributed by atoms with E-state index in [0.717, 1.165) is 5.56 Å². The molecule has 0 unspecified atom stereocenters. The highest BCUT2D eigenvalue weighted by Gasteiger charge is 2.36. The summed E-state index contributed by atoms with van der Waals surface area (Å²) in [7, 11) is 0. The second-order valence-corrected chi connectivity index (χ2v) is 4.05. The van der Waals surface area contributed by atoms with E-state index in [1.165, 1.54) is 9.80 Å². The van der Waals surface area contributed by atoms with E-state index in [2.05, 4.69) is 6.58 Å². The Hall–Kier alpha value is -2.14. The van der Waals surface area contributed by atoms with Crippen LogP contribution < -0.4 is 10.6 Å². The normalized spacial score (nSPS) is 15.4. The van der Waals surface area contributed by atoms with Gasteiger partial charge in [0, 0.05) is 13.1 Å². The SMILES string of the molecule is C=CCN1CC(=O)N(c2cccc(CN)c2)C1=O. The molecule has 3 amide bonds. The monoisotopic (exact) mass is 245 g/mol. The molecule has 0 spiro atoms. The molecule has 0 aromatic heterocycles. The van der Waals surface area contributed by atoms with Crippen LogP contribution in [0.4, 0.5) is 10.5 Å². The molecule has 0 atom stereocenters. The van der Waals surface area contributed by atoms with Crippen molar-refractivity contribution >= 4 is 17.6 Å². The largest absolute Gasteiger partial charge is 0.332 e. The zero-order valence-electron chi connectivity index (χ0n) is 10.0. The number of urea groups is 1. The average Bonchev–Trinajstić information content (AvgIpc) is 2.65. The summed E-state index contributed by atoms with van der Waals surface area (Å²) in [5.41, 5.74) is 7.00. The molecule has 0 bridgehead atoms.